The zero-order chi connectivity index (χ0) is 18.5. The van der Waals surface area contributed by atoms with Gasteiger partial charge in [0, 0.05) is 5.39 Å². The van der Waals surface area contributed by atoms with Crippen molar-refractivity contribution in [2.24, 2.45) is 0 Å². The molecule has 3 aromatic rings. The molecule has 0 saturated carbocycles. The van der Waals surface area contributed by atoms with Crippen LogP contribution in [0.15, 0.2) is 53.3 Å². The van der Waals surface area contributed by atoms with Crippen molar-refractivity contribution in [1.29, 1.82) is 0 Å². The highest BCUT2D eigenvalue weighted by Crippen LogP contribution is 2.12. The van der Waals surface area contributed by atoms with Crippen LogP contribution in [0.25, 0.3) is 10.8 Å². The summed E-state index contributed by atoms with van der Waals surface area (Å²) in [5.74, 6) is -0.323. The number of nitrogens with zero attached hydrogens (tertiary/aromatic N) is 1. The predicted molar refractivity (Wildman–Crippen MR) is 94.7 cm³/mol. The number of fused-ring (bicyclic) bond motifs is 1. The van der Waals surface area contributed by atoms with E-state index in [1.165, 1.54) is 0 Å². The molecule has 2 amide bonds. The maximum Gasteiger partial charge on any atom is 0.290 e. The van der Waals surface area contributed by atoms with Gasteiger partial charge in [0.15, 0.2) is 5.69 Å². The number of hydrazine groups is 1. The van der Waals surface area contributed by atoms with E-state index in [-0.39, 0.29) is 17.7 Å². The molecule has 132 valence electrons. The smallest absolute Gasteiger partial charge is 0.290 e. The summed E-state index contributed by atoms with van der Waals surface area (Å²) < 4.78 is 5.06. The summed E-state index contributed by atoms with van der Waals surface area (Å²) in [4.78, 5) is 36.0. The maximum absolute atomic E-state index is 12.3. The van der Waals surface area contributed by atoms with Crippen molar-refractivity contribution in [3.63, 3.8) is 0 Å². The normalized spacial score (nSPS) is 10.3. The highest BCUT2D eigenvalue weighted by molar-refractivity contribution is 6.05. The Morgan fingerprint density at radius 2 is 1.73 bits per heavy atom. The van der Waals surface area contributed by atoms with Gasteiger partial charge in [-0.05, 0) is 23.8 Å². The minimum atomic E-state index is -0.625. The maximum atomic E-state index is 12.3. The molecule has 0 fully saturated rings. The second-order valence-electron chi connectivity index (χ2n) is 5.47. The van der Waals surface area contributed by atoms with Gasteiger partial charge < -0.3 is 4.74 Å². The van der Waals surface area contributed by atoms with Gasteiger partial charge in [-0.2, -0.15) is 5.10 Å². The topological polar surface area (TPSA) is 113 Å². The molecule has 8 nitrogen and oxygen atoms in total. The Morgan fingerprint density at radius 1 is 1.04 bits per heavy atom. The number of carbonyl (C=O) groups excluding carboxylic acids is 2. The number of ether oxygens (including phenoxy) is 1. The summed E-state index contributed by atoms with van der Waals surface area (Å²) in [5.41, 5.74) is 5.04. The summed E-state index contributed by atoms with van der Waals surface area (Å²) in [7, 11) is 1.56. The van der Waals surface area contributed by atoms with Crippen molar-refractivity contribution in [2.75, 3.05) is 7.11 Å². The fourth-order valence-electron chi connectivity index (χ4n) is 2.45. The molecule has 1 heterocycles. The highest BCUT2D eigenvalue weighted by atomic mass is 16.5. The Bertz CT molecular complexity index is 1010. The number of benzene rings is 2. The first-order valence-corrected chi connectivity index (χ1v) is 7.78. The van der Waals surface area contributed by atoms with Crippen LogP contribution in [0, 0.1) is 0 Å². The molecule has 0 atom stereocenters. The van der Waals surface area contributed by atoms with Gasteiger partial charge in [0.1, 0.15) is 5.75 Å². The largest absolute Gasteiger partial charge is 0.497 e. The fourth-order valence-corrected chi connectivity index (χ4v) is 2.45. The summed E-state index contributed by atoms with van der Waals surface area (Å²) >= 11 is 0. The number of methoxy groups -OCH3 is 1. The van der Waals surface area contributed by atoms with Gasteiger partial charge in [0.05, 0.1) is 18.9 Å². The number of aromatic nitrogens is 2. The molecular weight excluding hydrogens is 336 g/mol. The fraction of sp³-hybridized carbons (Fsp3) is 0.111. The lowest BCUT2D eigenvalue weighted by atomic mass is 10.1. The molecule has 0 aliphatic rings. The van der Waals surface area contributed by atoms with Gasteiger partial charge >= 0.3 is 0 Å². The van der Waals surface area contributed by atoms with Crippen LogP contribution in [0.2, 0.25) is 0 Å². The van der Waals surface area contributed by atoms with Crippen LogP contribution in [-0.2, 0) is 11.2 Å². The van der Waals surface area contributed by atoms with E-state index in [0.717, 1.165) is 5.56 Å². The number of hydrogen-bond donors (Lipinski definition) is 3. The van der Waals surface area contributed by atoms with Gasteiger partial charge in [-0.1, -0.05) is 30.3 Å². The third-order valence-electron chi connectivity index (χ3n) is 3.75. The zero-order valence-electron chi connectivity index (χ0n) is 13.9. The molecule has 0 aliphatic heterocycles. The third kappa shape index (κ3) is 3.69. The molecule has 0 spiro atoms. The first kappa shape index (κ1) is 17.2. The molecule has 0 aliphatic carbocycles. The van der Waals surface area contributed by atoms with E-state index in [1.807, 2.05) is 0 Å². The van der Waals surface area contributed by atoms with Gasteiger partial charge in [0.2, 0.25) is 5.91 Å². The van der Waals surface area contributed by atoms with Gasteiger partial charge in [-0.3, -0.25) is 25.2 Å². The van der Waals surface area contributed by atoms with Crippen LogP contribution in [0.5, 0.6) is 5.75 Å². The molecule has 26 heavy (non-hydrogen) atoms. The Morgan fingerprint density at radius 3 is 2.42 bits per heavy atom. The zero-order valence-corrected chi connectivity index (χ0v) is 13.9. The molecule has 0 bridgehead atoms. The van der Waals surface area contributed by atoms with Crippen molar-refractivity contribution in [3.8, 4) is 5.75 Å². The molecule has 3 N–H and O–H groups in total. The molecular formula is C18H16N4O4. The van der Waals surface area contributed by atoms with Crippen molar-refractivity contribution in [1.82, 2.24) is 21.0 Å². The van der Waals surface area contributed by atoms with Crippen molar-refractivity contribution < 1.29 is 14.3 Å². The molecule has 0 unspecified atom stereocenters. The minimum Gasteiger partial charge on any atom is -0.497 e. The highest BCUT2D eigenvalue weighted by Gasteiger charge is 2.14. The number of amides is 2. The van der Waals surface area contributed by atoms with E-state index >= 15 is 0 Å². The number of aromatic amines is 1. The Labute approximate surface area is 148 Å². The first-order valence-electron chi connectivity index (χ1n) is 7.78. The van der Waals surface area contributed by atoms with E-state index < -0.39 is 11.8 Å². The summed E-state index contributed by atoms with van der Waals surface area (Å²) in [6.45, 7) is 0. The number of nitrogens with one attached hydrogen (secondary N) is 3. The third-order valence-corrected chi connectivity index (χ3v) is 3.75. The standard InChI is InChI=1S/C18H16N4O4/c1-26-12-8-6-11(7-9-12)10-15(23)19-22-18(25)16-13-4-2-3-5-14(13)17(24)21-20-16/h2-9H,10H2,1H3,(H,19,23)(H,21,24)(H,22,25). The molecule has 2 aromatic carbocycles. The number of H-pyrrole nitrogens is 1. The second kappa shape index (κ2) is 7.47. The van der Waals surface area contributed by atoms with Gasteiger partial charge in [-0.25, -0.2) is 5.10 Å². The van der Waals surface area contributed by atoms with E-state index in [2.05, 4.69) is 21.0 Å². The average Bonchev–Trinajstić information content (AvgIpc) is 2.67. The van der Waals surface area contributed by atoms with Crippen LogP contribution in [0.4, 0.5) is 0 Å². The summed E-state index contributed by atoms with van der Waals surface area (Å²) in [5, 5.41) is 6.79. The minimum absolute atomic E-state index is 0.0185. The van der Waals surface area contributed by atoms with Crippen molar-refractivity contribution >= 4 is 22.6 Å². The monoisotopic (exact) mass is 352 g/mol. The lowest BCUT2D eigenvalue weighted by Gasteiger charge is -2.08. The van der Waals surface area contributed by atoms with Crippen LogP contribution in [0.3, 0.4) is 0 Å². The Hall–Kier alpha value is -3.68. The van der Waals surface area contributed by atoms with Crippen LogP contribution >= 0.6 is 0 Å². The molecule has 3 rings (SSSR count). The second-order valence-corrected chi connectivity index (χ2v) is 5.47. The van der Waals surface area contributed by atoms with Crippen molar-refractivity contribution in [3.05, 3.63) is 70.1 Å². The number of rotatable bonds is 4. The first-order chi connectivity index (χ1) is 12.6. The van der Waals surface area contributed by atoms with Crippen LogP contribution < -0.4 is 21.1 Å². The Balaban J connectivity index is 1.66. The van der Waals surface area contributed by atoms with E-state index in [9.17, 15) is 14.4 Å². The number of carbonyl (C=O) groups is 2. The molecule has 0 radical (unpaired) electrons. The summed E-state index contributed by atoms with van der Waals surface area (Å²) in [6, 6.07) is 13.6. The predicted octanol–water partition coefficient (Wildman–Crippen LogP) is 0.935. The molecule has 0 saturated heterocycles. The lowest BCUT2D eigenvalue weighted by molar-refractivity contribution is -0.121. The summed E-state index contributed by atoms with van der Waals surface area (Å²) in [6.07, 6.45) is 0.0874. The van der Waals surface area contributed by atoms with Crippen molar-refractivity contribution in [2.45, 2.75) is 6.42 Å². The van der Waals surface area contributed by atoms with E-state index in [4.69, 9.17) is 4.74 Å². The number of hydrogen-bond acceptors (Lipinski definition) is 5. The Kier molecular flexibility index (Phi) is 4.93. The average molecular weight is 352 g/mol. The van der Waals surface area contributed by atoms with Crippen LogP contribution in [0.1, 0.15) is 16.1 Å². The van der Waals surface area contributed by atoms with Crippen LogP contribution in [-0.4, -0.2) is 29.1 Å². The van der Waals surface area contributed by atoms with Gasteiger partial charge in [-0.15, -0.1) is 0 Å². The lowest BCUT2D eigenvalue weighted by Crippen LogP contribution is -2.43. The SMILES string of the molecule is COc1ccc(CC(=O)NNC(=O)c2n[nH]c(=O)c3ccccc23)cc1. The quantitative estimate of drug-likeness (QED) is 0.605. The van der Waals surface area contributed by atoms with E-state index in [1.54, 1.807) is 55.6 Å². The van der Waals surface area contributed by atoms with Gasteiger partial charge in [0.25, 0.3) is 11.5 Å². The van der Waals surface area contributed by atoms with E-state index in [0.29, 0.717) is 16.5 Å². The molecule has 1 aromatic heterocycles. The molecule has 8 heteroatoms.